The van der Waals surface area contributed by atoms with Crippen LogP contribution in [0.5, 0.6) is 5.88 Å². The highest BCUT2D eigenvalue weighted by atomic mass is 35.5. The number of aromatic nitrogens is 1. The zero-order chi connectivity index (χ0) is 17.4. The number of nitrogens with zero attached hydrogens (tertiary/aromatic N) is 1. The van der Waals surface area contributed by atoms with Crippen molar-refractivity contribution in [2.75, 3.05) is 12.4 Å². The first-order valence-corrected chi connectivity index (χ1v) is 8.70. The molecule has 0 atom stereocenters. The average Bonchev–Trinajstić information content (AvgIpc) is 2.57. The van der Waals surface area contributed by atoms with E-state index < -0.39 is 12.6 Å². The van der Waals surface area contributed by atoms with Crippen LogP contribution in [0.15, 0.2) is 41.4 Å². The Morgan fingerprint density at radius 3 is 2.96 bits per heavy atom. The summed E-state index contributed by atoms with van der Waals surface area (Å²) in [6, 6.07) is 9.55. The standard InChI is InChI=1S/C18H16ClNO3S/c1-2-8-24-16-5-3-4-13(9-16)6-7-14-10-15(19)11-20-18(14)23-12-17(21)22/h3-5,9-11H,2,8,12H2,1H3,(H,21,22). The van der Waals surface area contributed by atoms with E-state index in [1.807, 2.05) is 24.3 Å². The van der Waals surface area contributed by atoms with E-state index in [-0.39, 0.29) is 5.88 Å². The fourth-order valence-corrected chi connectivity index (χ4v) is 2.77. The summed E-state index contributed by atoms with van der Waals surface area (Å²) in [6.45, 7) is 1.66. The number of thioether (sulfide) groups is 1. The molecule has 2 rings (SSSR count). The minimum Gasteiger partial charge on any atom is -0.479 e. The number of carboxylic acids is 1. The lowest BCUT2D eigenvalue weighted by Gasteiger charge is -2.04. The van der Waals surface area contributed by atoms with Crippen molar-refractivity contribution in [1.82, 2.24) is 4.98 Å². The van der Waals surface area contributed by atoms with E-state index >= 15 is 0 Å². The van der Waals surface area contributed by atoms with Crippen LogP contribution in [0.4, 0.5) is 0 Å². The van der Waals surface area contributed by atoms with Gasteiger partial charge in [-0.1, -0.05) is 36.4 Å². The summed E-state index contributed by atoms with van der Waals surface area (Å²) < 4.78 is 5.14. The van der Waals surface area contributed by atoms with Crippen LogP contribution in [0.3, 0.4) is 0 Å². The quantitative estimate of drug-likeness (QED) is 0.620. The first-order valence-electron chi connectivity index (χ1n) is 7.33. The van der Waals surface area contributed by atoms with E-state index in [1.165, 1.54) is 6.20 Å². The molecule has 0 radical (unpaired) electrons. The molecule has 124 valence electrons. The van der Waals surface area contributed by atoms with Gasteiger partial charge in [0, 0.05) is 16.7 Å². The van der Waals surface area contributed by atoms with Crippen molar-refractivity contribution in [1.29, 1.82) is 0 Å². The number of carbonyl (C=O) groups is 1. The van der Waals surface area contributed by atoms with Gasteiger partial charge >= 0.3 is 5.97 Å². The first kappa shape index (κ1) is 18.2. The van der Waals surface area contributed by atoms with Gasteiger partial charge in [-0.25, -0.2) is 9.78 Å². The van der Waals surface area contributed by atoms with Gasteiger partial charge in [-0.2, -0.15) is 0 Å². The van der Waals surface area contributed by atoms with Crippen LogP contribution >= 0.6 is 23.4 Å². The number of aliphatic carboxylic acids is 1. The van der Waals surface area contributed by atoms with E-state index in [4.69, 9.17) is 21.4 Å². The molecule has 0 bridgehead atoms. The van der Waals surface area contributed by atoms with Gasteiger partial charge in [-0.3, -0.25) is 0 Å². The number of pyridine rings is 1. The number of ether oxygens (including phenoxy) is 1. The van der Waals surface area contributed by atoms with Crippen molar-refractivity contribution < 1.29 is 14.6 Å². The summed E-state index contributed by atoms with van der Waals surface area (Å²) in [5.74, 6) is 6.14. The number of carboxylic acid groups (broad SMARTS) is 1. The third-order valence-electron chi connectivity index (χ3n) is 2.80. The lowest BCUT2D eigenvalue weighted by atomic mass is 10.2. The van der Waals surface area contributed by atoms with Crippen molar-refractivity contribution in [3.05, 3.63) is 52.7 Å². The highest BCUT2D eigenvalue weighted by molar-refractivity contribution is 7.99. The topological polar surface area (TPSA) is 59.4 Å². The highest BCUT2D eigenvalue weighted by Gasteiger charge is 2.07. The van der Waals surface area contributed by atoms with E-state index in [9.17, 15) is 4.79 Å². The minimum absolute atomic E-state index is 0.158. The van der Waals surface area contributed by atoms with Gasteiger partial charge in [0.25, 0.3) is 0 Å². The molecule has 0 saturated carbocycles. The van der Waals surface area contributed by atoms with E-state index in [1.54, 1.807) is 17.8 Å². The SMILES string of the molecule is CCCSc1cccc(C#Cc2cc(Cl)cnc2OCC(=O)O)c1. The van der Waals surface area contributed by atoms with Gasteiger partial charge in [0.1, 0.15) is 0 Å². The Hall–Kier alpha value is -2.16. The summed E-state index contributed by atoms with van der Waals surface area (Å²) in [4.78, 5) is 15.8. The first-order chi connectivity index (χ1) is 11.6. The van der Waals surface area contributed by atoms with Crippen molar-refractivity contribution in [3.8, 4) is 17.7 Å². The fourth-order valence-electron chi connectivity index (χ4n) is 1.78. The van der Waals surface area contributed by atoms with Crippen LogP contribution < -0.4 is 4.74 Å². The Kier molecular flexibility index (Phi) is 6.98. The van der Waals surface area contributed by atoms with Crippen LogP contribution in [0.2, 0.25) is 5.02 Å². The molecule has 0 aliphatic carbocycles. The maximum Gasteiger partial charge on any atom is 0.341 e. The molecule has 0 unspecified atom stereocenters. The minimum atomic E-state index is -1.08. The van der Waals surface area contributed by atoms with Gasteiger partial charge in [-0.05, 0) is 36.4 Å². The molecule has 1 aromatic heterocycles. The zero-order valence-corrected chi connectivity index (χ0v) is 14.7. The largest absolute Gasteiger partial charge is 0.479 e. The molecule has 0 aliphatic rings. The lowest BCUT2D eigenvalue weighted by Crippen LogP contribution is -2.11. The second-order valence-corrected chi connectivity index (χ2v) is 6.42. The molecule has 1 N–H and O–H groups in total. The second kappa shape index (κ2) is 9.21. The van der Waals surface area contributed by atoms with Crippen LogP contribution in [-0.4, -0.2) is 28.4 Å². The Morgan fingerprint density at radius 1 is 1.38 bits per heavy atom. The van der Waals surface area contributed by atoms with E-state index in [0.29, 0.717) is 10.6 Å². The summed E-state index contributed by atoms with van der Waals surface area (Å²) in [6.07, 6.45) is 2.50. The fraction of sp³-hybridized carbons (Fsp3) is 0.222. The van der Waals surface area contributed by atoms with Crippen molar-refractivity contribution in [3.63, 3.8) is 0 Å². The molecule has 2 aromatic rings. The molecule has 1 aromatic carbocycles. The smallest absolute Gasteiger partial charge is 0.341 e. The van der Waals surface area contributed by atoms with Crippen molar-refractivity contribution >= 4 is 29.3 Å². The third kappa shape index (κ3) is 5.80. The van der Waals surface area contributed by atoms with E-state index in [2.05, 4.69) is 23.7 Å². The van der Waals surface area contributed by atoms with Gasteiger partial charge in [0.15, 0.2) is 6.61 Å². The maximum atomic E-state index is 10.6. The molecular weight excluding hydrogens is 346 g/mol. The summed E-state index contributed by atoms with van der Waals surface area (Å²) >= 11 is 7.72. The zero-order valence-electron chi connectivity index (χ0n) is 13.1. The van der Waals surface area contributed by atoms with Gasteiger partial charge in [-0.15, -0.1) is 11.8 Å². The Morgan fingerprint density at radius 2 is 2.21 bits per heavy atom. The predicted molar refractivity (Wildman–Crippen MR) is 95.8 cm³/mol. The Labute approximate surface area is 150 Å². The van der Waals surface area contributed by atoms with Crippen LogP contribution in [0.1, 0.15) is 24.5 Å². The highest BCUT2D eigenvalue weighted by Crippen LogP contribution is 2.21. The van der Waals surface area contributed by atoms with Crippen LogP contribution in [0, 0.1) is 11.8 Å². The normalized spacial score (nSPS) is 9.92. The molecule has 1 heterocycles. The average molecular weight is 362 g/mol. The van der Waals surface area contributed by atoms with Crippen LogP contribution in [-0.2, 0) is 4.79 Å². The molecule has 0 spiro atoms. The third-order valence-corrected chi connectivity index (χ3v) is 4.20. The molecule has 0 fully saturated rings. The Balaban J connectivity index is 2.23. The Bertz CT molecular complexity index is 783. The van der Waals surface area contributed by atoms with Crippen molar-refractivity contribution in [2.24, 2.45) is 0 Å². The summed E-state index contributed by atoms with van der Waals surface area (Å²) in [5.41, 5.74) is 1.32. The monoisotopic (exact) mass is 361 g/mol. The molecule has 24 heavy (non-hydrogen) atoms. The molecular formula is C18H16ClNO3S. The number of rotatable bonds is 6. The van der Waals surface area contributed by atoms with Crippen molar-refractivity contribution in [2.45, 2.75) is 18.2 Å². The number of benzene rings is 1. The summed E-state index contributed by atoms with van der Waals surface area (Å²) in [7, 11) is 0. The number of hydrogen-bond donors (Lipinski definition) is 1. The van der Waals surface area contributed by atoms with E-state index in [0.717, 1.165) is 22.6 Å². The lowest BCUT2D eigenvalue weighted by molar-refractivity contribution is -0.139. The molecule has 6 heteroatoms. The molecule has 0 amide bonds. The molecule has 0 saturated heterocycles. The van der Waals surface area contributed by atoms with Gasteiger partial charge in [0.2, 0.25) is 5.88 Å². The van der Waals surface area contributed by atoms with Gasteiger partial charge in [0.05, 0.1) is 10.6 Å². The van der Waals surface area contributed by atoms with Crippen LogP contribution in [0.25, 0.3) is 0 Å². The number of halogens is 1. The summed E-state index contributed by atoms with van der Waals surface area (Å²) in [5, 5.41) is 9.12. The number of hydrogen-bond acceptors (Lipinski definition) is 4. The molecule has 0 aliphatic heterocycles. The van der Waals surface area contributed by atoms with Gasteiger partial charge < -0.3 is 9.84 Å². The molecule has 4 nitrogen and oxygen atoms in total. The second-order valence-electron chi connectivity index (χ2n) is 4.81. The maximum absolute atomic E-state index is 10.6. The predicted octanol–water partition coefficient (Wildman–Crippen LogP) is 4.10.